The first-order chi connectivity index (χ1) is 8.97. The third-order valence-corrected chi connectivity index (χ3v) is 3.74. The topological polar surface area (TPSA) is 95.2 Å². The minimum absolute atomic E-state index is 0.0164. The average molecular weight is 344 g/mol. The van der Waals surface area contributed by atoms with Gasteiger partial charge < -0.3 is 4.74 Å². The number of sulfonamides is 1. The zero-order chi connectivity index (χ0) is 13.9. The molecule has 19 heavy (non-hydrogen) atoms. The van der Waals surface area contributed by atoms with Crippen LogP contribution in [0.1, 0.15) is 5.82 Å². The summed E-state index contributed by atoms with van der Waals surface area (Å²) in [6.45, 7) is 0.189. The van der Waals surface area contributed by atoms with Gasteiger partial charge >= 0.3 is 0 Å². The molecule has 0 radical (unpaired) electrons. The van der Waals surface area contributed by atoms with Crippen LogP contribution in [0, 0.1) is 0 Å². The molecule has 1 heterocycles. The van der Waals surface area contributed by atoms with Crippen LogP contribution < -0.4 is 9.88 Å². The summed E-state index contributed by atoms with van der Waals surface area (Å²) in [5, 5.41) is 5.03. The third-order valence-electron chi connectivity index (χ3n) is 2.21. The highest BCUT2D eigenvalue weighted by Gasteiger charge is 2.11. The molecular formula is C11H10BrN3O3S. The van der Waals surface area contributed by atoms with Gasteiger partial charge in [0.2, 0.25) is 10.0 Å². The minimum atomic E-state index is -3.72. The van der Waals surface area contributed by atoms with E-state index in [0.29, 0.717) is 16.0 Å². The molecule has 0 unspecified atom stereocenters. The van der Waals surface area contributed by atoms with Gasteiger partial charge in [-0.05, 0) is 40.2 Å². The number of halogens is 1. The van der Waals surface area contributed by atoms with Crippen LogP contribution >= 0.6 is 15.9 Å². The Labute approximate surface area is 118 Å². The third kappa shape index (κ3) is 3.72. The highest BCUT2D eigenvalue weighted by atomic mass is 79.9. The van der Waals surface area contributed by atoms with E-state index in [4.69, 9.17) is 9.88 Å². The van der Waals surface area contributed by atoms with Gasteiger partial charge in [0, 0.05) is 12.4 Å². The molecule has 2 N–H and O–H groups in total. The predicted molar refractivity (Wildman–Crippen MR) is 71.9 cm³/mol. The molecule has 0 aliphatic carbocycles. The number of aromatic nitrogens is 2. The van der Waals surface area contributed by atoms with Crippen molar-refractivity contribution in [3.63, 3.8) is 0 Å². The summed E-state index contributed by atoms with van der Waals surface area (Å²) in [6, 6.07) is 5.99. The van der Waals surface area contributed by atoms with E-state index in [2.05, 4.69) is 25.9 Å². The zero-order valence-corrected chi connectivity index (χ0v) is 12.1. The summed E-state index contributed by atoms with van der Waals surface area (Å²) < 4.78 is 28.3. The lowest BCUT2D eigenvalue weighted by Gasteiger charge is -2.08. The van der Waals surface area contributed by atoms with Gasteiger partial charge in [-0.3, -0.25) is 0 Å². The number of nitrogens with zero attached hydrogens (tertiary/aromatic N) is 2. The molecule has 1 aromatic carbocycles. The lowest BCUT2D eigenvalue weighted by atomic mass is 10.3. The van der Waals surface area contributed by atoms with Crippen molar-refractivity contribution in [1.29, 1.82) is 0 Å². The van der Waals surface area contributed by atoms with Gasteiger partial charge in [-0.1, -0.05) is 0 Å². The van der Waals surface area contributed by atoms with Gasteiger partial charge in [-0.15, -0.1) is 0 Å². The van der Waals surface area contributed by atoms with E-state index >= 15 is 0 Å². The highest BCUT2D eigenvalue weighted by Crippen LogP contribution is 2.27. The molecule has 0 fully saturated rings. The van der Waals surface area contributed by atoms with Crippen LogP contribution in [-0.2, 0) is 16.6 Å². The normalized spacial score (nSPS) is 11.3. The van der Waals surface area contributed by atoms with Crippen molar-refractivity contribution in [3.05, 3.63) is 47.0 Å². The maximum atomic E-state index is 11.2. The molecule has 6 nitrogen and oxygen atoms in total. The fourth-order valence-electron chi connectivity index (χ4n) is 1.32. The quantitative estimate of drug-likeness (QED) is 0.906. The van der Waals surface area contributed by atoms with Gasteiger partial charge in [-0.25, -0.2) is 23.5 Å². The molecule has 2 rings (SSSR count). The smallest absolute Gasteiger partial charge is 0.238 e. The maximum Gasteiger partial charge on any atom is 0.238 e. The monoisotopic (exact) mass is 343 g/mol. The molecular weight excluding hydrogens is 334 g/mol. The van der Waals surface area contributed by atoms with E-state index in [1.54, 1.807) is 18.5 Å². The van der Waals surface area contributed by atoms with Gasteiger partial charge in [0.1, 0.15) is 12.4 Å². The second-order valence-corrected chi connectivity index (χ2v) is 6.01. The number of rotatable bonds is 4. The molecule has 0 bridgehead atoms. The number of hydrogen-bond acceptors (Lipinski definition) is 5. The lowest BCUT2D eigenvalue weighted by Crippen LogP contribution is -2.12. The van der Waals surface area contributed by atoms with Crippen molar-refractivity contribution in [1.82, 2.24) is 9.97 Å². The Morgan fingerprint density at radius 1 is 1.26 bits per heavy atom. The summed E-state index contributed by atoms with van der Waals surface area (Å²) in [7, 11) is -3.72. The first kappa shape index (κ1) is 13.9. The average Bonchev–Trinajstić information content (AvgIpc) is 2.37. The highest BCUT2D eigenvalue weighted by molar-refractivity contribution is 9.10. The molecule has 0 aliphatic rings. The first-order valence-electron chi connectivity index (χ1n) is 5.18. The number of nitrogens with two attached hydrogens (primary N) is 1. The van der Waals surface area contributed by atoms with E-state index < -0.39 is 10.0 Å². The van der Waals surface area contributed by atoms with Crippen LogP contribution in [0.25, 0.3) is 0 Å². The molecule has 0 atom stereocenters. The van der Waals surface area contributed by atoms with Crippen LogP contribution in [0.5, 0.6) is 5.75 Å². The molecule has 1 aromatic heterocycles. The van der Waals surface area contributed by atoms with Gasteiger partial charge in [0.05, 0.1) is 9.37 Å². The largest absolute Gasteiger partial charge is 0.484 e. The van der Waals surface area contributed by atoms with E-state index in [9.17, 15) is 8.42 Å². The molecule has 0 saturated heterocycles. The second-order valence-electron chi connectivity index (χ2n) is 3.59. The molecule has 100 valence electrons. The van der Waals surface area contributed by atoms with Crippen LogP contribution in [0.3, 0.4) is 0 Å². The zero-order valence-electron chi connectivity index (χ0n) is 9.65. The SMILES string of the molecule is NS(=O)(=O)c1ccc(OCc2ncccn2)c(Br)c1. The Bertz CT molecular complexity index is 677. The summed E-state index contributed by atoms with van der Waals surface area (Å²) in [6.07, 6.45) is 3.23. The lowest BCUT2D eigenvalue weighted by molar-refractivity contribution is 0.293. The summed E-state index contributed by atoms with van der Waals surface area (Å²) in [4.78, 5) is 8.04. The summed E-state index contributed by atoms with van der Waals surface area (Å²) in [5.74, 6) is 1.02. The first-order valence-corrected chi connectivity index (χ1v) is 7.52. The van der Waals surface area contributed by atoms with Crippen molar-refractivity contribution in [2.45, 2.75) is 11.5 Å². The van der Waals surface area contributed by atoms with Crippen molar-refractivity contribution in [2.24, 2.45) is 5.14 Å². The fourth-order valence-corrected chi connectivity index (χ4v) is 2.51. The second kappa shape index (κ2) is 5.64. The number of benzene rings is 1. The minimum Gasteiger partial charge on any atom is -0.484 e. The Morgan fingerprint density at radius 2 is 1.95 bits per heavy atom. The predicted octanol–water partition coefficient (Wildman–Crippen LogP) is 1.47. The summed E-state index contributed by atoms with van der Waals surface area (Å²) >= 11 is 3.23. The van der Waals surface area contributed by atoms with Crippen molar-refractivity contribution < 1.29 is 13.2 Å². The number of hydrogen-bond donors (Lipinski definition) is 1. The number of ether oxygens (including phenoxy) is 1. The van der Waals surface area contributed by atoms with Crippen molar-refractivity contribution >= 4 is 26.0 Å². The van der Waals surface area contributed by atoms with E-state index in [1.165, 1.54) is 18.2 Å². The molecule has 2 aromatic rings. The molecule has 0 spiro atoms. The fraction of sp³-hybridized carbons (Fsp3) is 0.0909. The van der Waals surface area contributed by atoms with Crippen LogP contribution in [0.15, 0.2) is 46.0 Å². The Kier molecular flexibility index (Phi) is 4.13. The van der Waals surface area contributed by atoms with Crippen LogP contribution in [-0.4, -0.2) is 18.4 Å². The Balaban J connectivity index is 2.14. The van der Waals surface area contributed by atoms with Crippen molar-refractivity contribution in [3.8, 4) is 5.75 Å². The number of primary sulfonamides is 1. The maximum absolute atomic E-state index is 11.2. The van der Waals surface area contributed by atoms with Crippen LogP contribution in [0.2, 0.25) is 0 Å². The molecule has 0 amide bonds. The van der Waals surface area contributed by atoms with Crippen molar-refractivity contribution in [2.75, 3.05) is 0 Å². The van der Waals surface area contributed by atoms with E-state index in [0.717, 1.165) is 0 Å². The molecule has 0 saturated carbocycles. The molecule has 8 heteroatoms. The van der Waals surface area contributed by atoms with Gasteiger partial charge in [0.15, 0.2) is 5.82 Å². The standard InChI is InChI=1S/C11H10BrN3O3S/c12-9-6-8(19(13,16)17)2-3-10(9)18-7-11-14-4-1-5-15-11/h1-6H,7H2,(H2,13,16,17). The van der Waals surface area contributed by atoms with Crippen LogP contribution in [0.4, 0.5) is 0 Å². The van der Waals surface area contributed by atoms with E-state index in [1.807, 2.05) is 0 Å². The Hall–Kier alpha value is -1.51. The Morgan fingerprint density at radius 3 is 2.53 bits per heavy atom. The van der Waals surface area contributed by atoms with Gasteiger partial charge in [0.25, 0.3) is 0 Å². The van der Waals surface area contributed by atoms with E-state index in [-0.39, 0.29) is 11.5 Å². The molecule has 0 aliphatic heterocycles. The van der Waals surface area contributed by atoms with Gasteiger partial charge in [-0.2, -0.15) is 0 Å². The summed E-state index contributed by atoms with van der Waals surface area (Å²) in [5.41, 5.74) is 0.